The summed E-state index contributed by atoms with van der Waals surface area (Å²) in [5, 5.41) is 95.6. The van der Waals surface area contributed by atoms with Gasteiger partial charge in [-0.15, -0.1) is 0 Å². The van der Waals surface area contributed by atoms with Crippen LogP contribution < -0.4 is 106 Å². The van der Waals surface area contributed by atoms with Crippen molar-refractivity contribution in [2.24, 2.45) is 11.5 Å². The van der Waals surface area contributed by atoms with Crippen molar-refractivity contribution in [1.29, 1.82) is 0 Å². The first-order valence-electron chi connectivity index (χ1n) is 46.2. The Bertz CT molecular complexity index is 6630. The molecule has 17 nitrogen and oxygen atoms in total. The van der Waals surface area contributed by atoms with Gasteiger partial charge >= 0.3 is 0 Å². The molecule has 0 aliphatic heterocycles. The molecule has 0 radical (unpaired) electrons. The molecule has 20 heteroatoms. The average Bonchev–Trinajstić information content (AvgIpc) is 0.743. The number of para-hydroxylation sites is 8. The number of phenolic OH excluding ortho intramolecular Hbond substituents is 3. The number of phenols is 4. The lowest BCUT2D eigenvalue weighted by atomic mass is 10.2. The van der Waals surface area contributed by atoms with Gasteiger partial charge < -0.3 is 63.2 Å². The number of primary amides is 2. The van der Waals surface area contributed by atoms with E-state index in [2.05, 4.69) is 344 Å². The second-order valence-corrected chi connectivity index (χ2v) is 42.3. The number of carbonyl (C=O) groups excluding carboxylic acids is 5. The minimum atomic E-state index is -2.04. The number of carbonyl (C=O) groups is 5. The zero-order valence-corrected chi connectivity index (χ0v) is 81.4. The van der Waals surface area contributed by atoms with E-state index in [-0.39, 0.29) is 74.3 Å². The molecule has 716 valence electrons. The molecular formula is C125H104N5O12P3. The van der Waals surface area contributed by atoms with E-state index in [1.165, 1.54) is 118 Å². The molecule has 0 fully saturated rings. The Morgan fingerprint density at radius 3 is 0.503 bits per heavy atom. The highest BCUT2D eigenvalue weighted by Gasteiger charge is 2.50. The molecule has 0 spiro atoms. The van der Waals surface area contributed by atoms with Crippen LogP contribution in [-0.2, 0) is 0 Å². The molecule has 0 aromatic heterocycles. The first-order valence-corrected chi connectivity index (χ1v) is 51.5. The Morgan fingerprint density at radius 2 is 0.324 bits per heavy atom. The molecule has 0 aliphatic carbocycles. The predicted octanol–water partition coefficient (Wildman–Crippen LogP) is 19.3. The second-order valence-electron chi connectivity index (χ2n) is 32.1. The number of hydrogen-bond donors (Lipinski definition) is 9. The summed E-state index contributed by atoms with van der Waals surface area (Å²) in [6.45, 7) is 0. The van der Waals surface area contributed by atoms with Gasteiger partial charge in [-0.2, -0.15) is 0 Å². The molecule has 0 atom stereocenters. The lowest BCUT2D eigenvalue weighted by Gasteiger charge is -2.27. The summed E-state index contributed by atoms with van der Waals surface area (Å²) >= 11 is 0. The van der Waals surface area contributed by atoms with Crippen LogP contribution in [-0.4, -0.2) is 50.0 Å². The van der Waals surface area contributed by atoms with Gasteiger partial charge in [0, 0.05) is 33.8 Å². The summed E-state index contributed by atoms with van der Waals surface area (Å²) < 4.78 is 0. The Balaban J connectivity index is 0.000000142. The average molecular weight is 1960 g/mol. The maximum absolute atomic E-state index is 11.8. The molecule has 20 aromatic carbocycles. The number of nitrogens with one attached hydrogen (secondary N) is 3. The fraction of sp³-hybridized carbons (Fsp3) is 0. The normalized spacial score (nSPS) is 10.5. The third kappa shape index (κ3) is 27.4. The molecule has 0 saturated heterocycles. The molecule has 20 rings (SSSR count). The lowest BCUT2D eigenvalue weighted by Crippen LogP contribution is -2.38. The number of aromatic hydroxyl groups is 4. The van der Waals surface area contributed by atoms with Gasteiger partial charge in [0.15, 0.2) is 0 Å². The summed E-state index contributed by atoms with van der Waals surface area (Å²) in [5.41, 5.74) is 12.6. The number of anilines is 3. The van der Waals surface area contributed by atoms with Crippen LogP contribution in [0.25, 0.3) is 0 Å². The number of nitrogens with two attached hydrogens (primary N) is 2. The third-order valence-corrected chi connectivity index (χ3v) is 35.6. The van der Waals surface area contributed by atoms with E-state index in [9.17, 15) is 54.6 Å². The van der Waals surface area contributed by atoms with Crippen LogP contribution in [0.5, 0.6) is 40.2 Å². The third-order valence-electron chi connectivity index (χ3n) is 22.7. The zero-order valence-electron chi connectivity index (χ0n) is 78.7. The summed E-state index contributed by atoms with van der Waals surface area (Å²) in [7, 11) is -5.98. The van der Waals surface area contributed by atoms with Crippen molar-refractivity contribution in [1.82, 2.24) is 0 Å². The van der Waals surface area contributed by atoms with Crippen LogP contribution in [0, 0.1) is 0 Å². The molecule has 20 aromatic rings. The van der Waals surface area contributed by atoms with Gasteiger partial charge in [0.2, 0.25) is 5.91 Å². The van der Waals surface area contributed by atoms with Crippen molar-refractivity contribution >= 4 is 132 Å². The molecule has 145 heavy (non-hydrogen) atoms. The summed E-state index contributed by atoms with van der Waals surface area (Å²) in [6, 6.07) is 182. The Kier molecular flexibility index (Phi) is 38.1. The molecule has 0 unspecified atom stereocenters. The highest BCUT2D eigenvalue weighted by atomic mass is 31.2. The van der Waals surface area contributed by atoms with E-state index >= 15 is 0 Å². The van der Waals surface area contributed by atoms with Crippen molar-refractivity contribution in [3.05, 3.63) is 592 Å². The fourth-order valence-corrected chi connectivity index (χ4v) is 28.8. The van der Waals surface area contributed by atoms with Gasteiger partial charge in [-0.25, -0.2) is 0 Å². The van der Waals surface area contributed by atoms with Gasteiger partial charge in [-0.3, -0.25) is 24.0 Å². The Morgan fingerprint density at radius 1 is 0.172 bits per heavy atom. The fourth-order valence-electron chi connectivity index (χ4n) is 16.0. The maximum atomic E-state index is 11.8. The van der Waals surface area contributed by atoms with Crippen molar-refractivity contribution in [3.63, 3.8) is 0 Å². The van der Waals surface area contributed by atoms with Crippen molar-refractivity contribution < 1.29 is 59.7 Å². The highest BCUT2D eigenvalue weighted by molar-refractivity contribution is 8.02. The molecule has 0 saturated carbocycles. The Labute approximate surface area is 845 Å². The summed E-state index contributed by atoms with van der Waals surface area (Å²) in [6.07, 6.45) is 0. The van der Waals surface area contributed by atoms with Crippen LogP contribution in [0.3, 0.4) is 0 Å². The quantitative estimate of drug-likeness (QED) is 0.0322. The second kappa shape index (κ2) is 53.1. The highest BCUT2D eigenvalue weighted by Crippen LogP contribution is 2.57. The van der Waals surface area contributed by atoms with E-state index in [1.54, 1.807) is 127 Å². The smallest absolute Gasteiger partial charge is 0.259 e. The first kappa shape index (κ1) is 104. The monoisotopic (exact) mass is 1960 g/mol. The van der Waals surface area contributed by atoms with Crippen LogP contribution in [0.2, 0.25) is 0 Å². The van der Waals surface area contributed by atoms with Gasteiger partial charge in [-0.05, 0) is 231 Å². The van der Waals surface area contributed by atoms with Gasteiger partial charge in [0.1, 0.15) is 108 Å². The van der Waals surface area contributed by atoms with E-state index in [0.717, 1.165) is 0 Å². The van der Waals surface area contributed by atoms with Gasteiger partial charge in [0.05, 0.1) is 11.1 Å². The van der Waals surface area contributed by atoms with Gasteiger partial charge in [-0.1, -0.05) is 351 Å². The van der Waals surface area contributed by atoms with E-state index < -0.39 is 33.6 Å². The Hall–Kier alpha value is -18.4. The summed E-state index contributed by atoms with van der Waals surface area (Å²) in [5.74, 6) is -2.73. The van der Waals surface area contributed by atoms with Crippen molar-refractivity contribution in [2.75, 3.05) is 16.0 Å². The van der Waals surface area contributed by atoms with E-state index in [0.29, 0.717) is 28.6 Å². The van der Waals surface area contributed by atoms with Crippen LogP contribution in [0.4, 0.5) is 17.1 Å². The largest absolute Gasteiger partial charge is 0.872 e. The van der Waals surface area contributed by atoms with Crippen LogP contribution >= 0.6 is 21.8 Å². The van der Waals surface area contributed by atoms with E-state index in [4.69, 9.17) is 16.6 Å². The first-order chi connectivity index (χ1) is 70.8. The van der Waals surface area contributed by atoms with Gasteiger partial charge in [0.25, 0.3) is 23.6 Å². The SMILES string of the molecule is NC(=O)c1ccccc1O.NC(=O)c1ccccc1[O-].O=C(Nc1ccccc1)c1ccccc1O.O=C(Nc1ccccc1)c1ccccc1[O-].O=C(Nc1ccccc1)c1ccccc1[O-].Oc1ccc([P+](c2ccccc2)(c2ccccc2)c2ccccc2)cc1.Oc1ccc([P+](c2ccccc2)(c2ccccc2)c2ccccc2)cc1.c1ccc([P+](c2ccccc2)(c2ccccc2)c2ccccc2)cc1. The van der Waals surface area contributed by atoms with Crippen molar-refractivity contribution in [2.45, 2.75) is 0 Å². The molecule has 11 N–H and O–H groups in total. The zero-order chi connectivity index (χ0) is 102. The number of hydrogen-bond acceptors (Lipinski definition) is 12. The molecule has 0 bridgehead atoms. The van der Waals surface area contributed by atoms with Crippen LogP contribution in [0.1, 0.15) is 51.8 Å². The number of benzene rings is 20. The summed E-state index contributed by atoms with van der Waals surface area (Å²) in [4.78, 5) is 56.1. The molecular weight excluding hydrogens is 1860 g/mol. The maximum Gasteiger partial charge on any atom is 0.259 e. The minimum Gasteiger partial charge on any atom is -0.872 e. The standard InChI is InChI=1S/2C24H19OP.C24H20P.3C13H11NO2.2C7H7NO2/c2*25-20-16-18-24(19-17-20)26(21-10-4-1-5-11-21,22-12-6-2-7-13-22)23-14-8-3-9-15-23;1-5-13-21(14-6-1)25(22-15-7-2-8-16-22,23-17-9-3-10-18-23)24-19-11-4-12-20-24;3*15-12-9-5-4-8-11(12)13(16)14-10-6-2-1-3-7-10;2*8-7(10)5-3-1-2-4-6(5)9/h2*1-19H;1-20H;3*1-9,15H,(H,14,16);2*1-4,9H,(H2,8,10)/q;;+1;;;;;/p-1. The lowest BCUT2D eigenvalue weighted by molar-refractivity contribution is -0.269. The van der Waals surface area contributed by atoms with E-state index in [1.807, 2.05) is 54.6 Å². The predicted molar refractivity (Wildman–Crippen MR) is 591 cm³/mol. The number of amides is 5. The topological polar surface area (TPSA) is 324 Å². The van der Waals surface area contributed by atoms with Crippen LogP contribution in [0.15, 0.2) is 564 Å². The molecule has 5 amide bonds. The minimum absolute atomic E-state index is 0.0177. The number of rotatable bonds is 20. The molecule has 0 aliphatic rings. The molecule has 0 heterocycles. The van der Waals surface area contributed by atoms with Crippen molar-refractivity contribution in [3.8, 4) is 40.2 Å².